The molecular formula is C21H36N4O5S. The largest absolute Gasteiger partial charge is 0.480 e. The number of carbonyl (C=O) groups excluding carboxylic acids is 3. The number of hydrogen-bond donors (Lipinski definition) is 3. The molecule has 2 fully saturated rings. The van der Waals surface area contributed by atoms with E-state index in [-0.39, 0.29) is 23.6 Å². The van der Waals surface area contributed by atoms with Gasteiger partial charge in [-0.15, -0.1) is 0 Å². The minimum Gasteiger partial charge on any atom is -0.480 e. The summed E-state index contributed by atoms with van der Waals surface area (Å²) in [7, 11) is 0. The summed E-state index contributed by atoms with van der Waals surface area (Å²) in [5.41, 5.74) is 6.03. The molecule has 0 aromatic heterocycles. The van der Waals surface area contributed by atoms with Crippen molar-refractivity contribution in [1.29, 1.82) is 0 Å². The molecule has 10 heteroatoms. The van der Waals surface area contributed by atoms with E-state index >= 15 is 0 Å². The Balaban J connectivity index is 2.09. The van der Waals surface area contributed by atoms with Crippen LogP contribution in [0.2, 0.25) is 0 Å². The molecule has 176 valence electrons. The summed E-state index contributed by atoms with van der Waals surface area (Å²) in [4.78, 5) is 53.4. The summed E-state index contributed by atoms with van der Waals surface area (Å²) in [5.74, 6) is -1.09. The summed E-state index contributed by atoms with van der Waals surface area (Å²) in [6, 6.07) is -2.95. The van der Waals surface area contributed by atoms with Crippen molar-refractivity contribution >= 4 is 35.5 Å². The summed E-state index contributed by atoms with van der Waals surface area (Å²) in [6.45, 7) is 4.74. The van der Waals surface area contributed by atoms with Crippen LogP contribution in [0.5, 0.6) is 0 Å². The Bertz CT molecular complexity index is 674. The highest BCUT2D eigenvalue weighted by molar-refractivity contribution is 7.98. The Morgan fingerprint density at radius 2 is 1.65 bits per heavy atom. The number of carboxylic acids is 1. The van der Waals surface area contributed by atoms with Crippen molar-refractivity contribution in [3.8, 4) is 0 Å². The molecule has 0 bridgehead atoms. The fourth-order valence-corrected chi connectivity index (χ4v) is 4.82. The molecule has 9 nitrogen and oxygen atoms in total. The van der Waals surface area contributed by atoms with E-state index in [0.29, 0.717) is 51.6 Å². The minimum atomic E-state index is -1.02. The average Bonchev–Trinajstić information content (AvgIpc) is 3.39. The van der Waals surface area contributed by atoms with Crippen LogP contribution in [0.25, 0.3) is 0 Å². The lowest BCUT2D eigenvalue weighted by Crippen LogP contribution is -2.57. The Kier molecular flexibility index (Phi) is 9.61. The van der Waals surface area contributed by atoms with E-state index in [1.165, 1.54) is 9.80 Å². The van der Waals surface area contributed by atoms with Crippen LogP contribution in [0.3, 0.4) is 0 Å². The van der Waals surface area contributed by atoms with Gasteiger partial charge in [0.25, 0.3) is 0 Å². The van der Waals surface area contributed by atoms with Crippen LogP contribution in [-0.4, -0.2) is 87.9 Å². The number of aliphatic carboxylic acids is 1. The highest BCUT2D eigenvalue weighted by Crippen LogP contribution is 2.22. The zero-order chi connectivity index (χ0) is 23.1. The van der Waals surface area contributed by atoms with Gasteiger partial charge in [0.05, 0.1) is 6.04 Å². The van der Waals surface area contributed by atoms with Crippen molar-refractivity contribution in [1.82, 2.24) is 15.1 Å². The predicted molar refractivity (Wildman–Crippen MR) is 119 cm³/mol. The third-order valence-corrected chi connectivity index (χ3v) is 6.58. The second kappa shape index (κ2) is 11.7. The maximum Gasteiger partial charge on any atom is 0.326 e. The van der Waals surface area contributed by atoms with Crippen molar-refractivity contribution in [3.63, 3.8) is 0 Å². The van der Waals surface area contributed by atoms with Gasteiger partial charge in [-0.05, 0) is 56.5 Å². The van der Waals surface area contributed by atoms with Crippen molar-refractivity contribution in [2.45, 2.75) is 76.5 Å². The highest BCUT2D eigenvalue weighted by Gasteiger charge is 2.40. The van der Waals surface area contributed by atoms with Gasteiger partial charge in [0, 0.05) is 13.1 Å². The number of rotatable bonds is 10. The van der Waals surface area contributed by atoms with Crippen LogP contribution in [0.1, 0.15) is 52.4 Å². The molecule has 2 saturated heterocycles. The monoisotopic (exact) mass is 456 g/mol. The number of nitrogens with two attached hydrogens (primary N) is 1. The number of hydrogen-bond acceptors (Lipinski definition) is 6. The molecule has 0 spiro atoms. The molecule has 31 heavy (non-hydrogen) atoms. The van der Waals surface area contributed by atoms with Gasteiger partial charge in [-0.25, -0.2) is 4.79 Å². The first kappa shape index (κ1) is 25.5. The van der Waals surface area contributed by atoms with Gasteiger partial charge in [0.1, 0.15) is 18.1 Å². The van der Waals surface area contributed by atoms with Gasteiger partial charge in [-0.1, -0.05) is 13.8 Å². The first-order valence-corrected chi connectivity index (χ1v) is 12.4. The third-order valence-electron chi connectivity index (χ3n) is 5.93. The zero-order valence-corrected chi connectivity index (χ0v) is 19.5. The molecule has 3 amide bonds. The van der Waals surface area contributed by atoms with E-state index in [1.54, 1.807) is 11.8 Å². The number of amides is 3. The van der Waals surface area contributed by atoms with Crippen LogP contribution in [0.15, 0.2) is 0 Å². The van der Waals surface area contributed by atoms with Gasteiger partial charge in [-0.2, -0.15) is 11.8 Å². The van der Waals surface area contributed by atoms with E-state index in [0.717, 1.165) is 5.75 Å². The van der Waals surface area contributed by atoms with E-state index in [4.69, 9.17) is 5.73 Å². The minimum absolute atomic E-state index is 0.126. The average molecular weight is 457 g/mol. The Labute approximate surface area is 188 Å². The van der Waals surface area contributed by atoms with Gasteiger partial charge in [0.2, 0.25) is 17.7 Å². The van der Waals surface area contributed by atoms with E-state index in [9.17, 15) is 24.3 Å². The molecule has 0 aromatic rings. The lowest BCUT2D eigenvalue weighted by molar-refractivity contribution is -0.150. The Morgan fingerprint density at radius 1 is 1.06 bits per heavy atom. The van der Waals surface area contributed by atoms with Gasteiger partial charge < -0.3 is 26.0 Å². The molecule has 4 N–H and O–H groups in total. The molecule has 4 unspecified atom stereocenters. The van der Waals surface area contributed by atoms with Crippen molar-refractivity contribution in [2.24, 2.45) is 11.7 Å². The lowest BCUT2D eigenvalue weighted by atomic mass is 10.0. The van der Waals surface area contributed by atoms with E-state index in [1.807, 2.05) is 20.1 Å². The van der Waals surface area contributed by atoms with Crippen LogP contribution in [-0.2, 0) is 19.2 Å². The summed E-state index contributed by atoms with van der Waals surface area (Å²) < 4.78 is 0. The van der Waals surface area contributed by atoms with Crippen LogP contribution < -0.4 is 11.1 Å². The quantitative estimate of drug-likeness (QED) is 0.440. The molecule has 4 atom stereocenters. The van der Waals surface area contributed by atoms with Crippen molar-refractivity contribution in [2.75, 3.05) is 25.1 Å². The molecule has 2 heterocycles. The number of thioether (sulfide) groups is 1. The number of carbonyl (C=O) groups is 4. The fraction of sp³-hybridized carbons (Fsp3) is 0.810. The third kappa shape index (κ3) is 6.58. The number of likely N-dealkylation sites (tertiary alicyclic amines) is 2. The molecule has 2 rings (SSSR count). The molecule has 2 aliphatic heterocycles. The first-order chi connectivity index (χ1) is 14.7. The first-order valence-electron chi connectivity index (χ1n) is 11.1. The van der Waals surface area contributed by atoms with Crippen LogP contribution in [0, 0.1) is 5.92 Å². The molecule has 2 aliphatic rings. The molecule has 0 aliphatic carbocycles. The van der Waals surface area contributed by atoms with Gasteiger partial charge >= 0.3 is 5.97 Å². The maximum absolute atomic E-state index is 13.1. The van der Waals surface area contributed by atoms with Gasteiger partial charge in [0.15, 0.2) is 0 Å². The predicted octanol–water partition coefficient (Wildman–Crippen LogP) is 0.664. The summed E-state index contributed by atoms with van der Waals surface area (Å²) in [6.07, 6.45) is 5.18. The van der Waals surface area contributed by atoms with Gasteiger partial charge in [-0.3, -0.25) is 14.4 Å². The van der Waals surface area contributed by atoms with Crippen molar-refractivity contribution < 1.29 is 24.3 Å². The number of nitrogens with one attached hydrogen (secondary N) is 1. The second-order valence-corrected chi connectivity index (χ2v) is 9.78. The SMILES string of the molecule is CSCCC(N)C(=O)N1CCCC1C(=O)NC(CC(C)C)C(=O)N1CCCC1C(=O)O. The Hall–Kier alpha value is -1.81. The number of nitrogens with zero attached hydrogens (tertiary/aromatic N) is 2. The highest BCUT2D eigenvalue weighted by atomic mass is 32.2. The Morgan fingerprint density at radius 3 is 2.19 bits per heavy atom. The zero-order valence-electron chi connectivity index (χ0n) is 18.7. The summed E-state index contributed by atoms with van der Waals surface area (Å²) in [5, 5.41) is 12.3. The van der Waals surface area contributed by atoms with Crippen molar-refractivity contribution in [3.05, 3.63) is 0 Å². The second-order valence-electron chi connectivity index (χ2n) is 8.80. The molecule has 0 saturated carbocycles. The normalized spacial score (nSPS) is 23.1. The summed E-state index contributed by atoms with van der Waals surface area (Å²) >= 11 is 1.61. The standard InChI is InChI=1S/C21H36N4O5S/c1-13(2)12-15(20(28)25-10-5-7-17(25)21(29)30)23-18(26)16-6-4-9-24(16)19(27)14(22)8-11-31-3/h13-17H,4-12,22H2,1-3H3,(H,23,26)(H,29,30). The molecule has 0 aromatic carbocycles. The van der Waals surface area contributed by atoms with Crippen LogP contribution in [0.4, 0.5) is 0 Å². The smallest absolute Gasteiger partial charge is 0.326 e. The van der Waals surface area contributed by atoms with Crippen LogP contribution >= 0.6 is 11.8 Å². The van der Waals surface area contributed by atoms with E-state index < -0.39 is 30.1 Å². The molecule has 0 radical (unpaired) electrons. The molecular weight excluding hydrogens is 420 g/mol. The topological polar surface area (TPSA) is 133 Å². The maximum atomic E-state index is 13.1. The number of carboxylic acid groups (broad SMARTS) is 1. The van der Waals surface area contributed by atoms with E-state index in [2.05, 4.69) is 5.32 Å². The fourth-order valence-electron chi connectivity index (χ4n) is 4.33. The lowest BCUT2D eigenvalue weighted by Gasteiger charge is -2.31.